The number of aryl methyl sites for hydroxylation is 2. The van der Waals surface area contributed by atoms with Crippen molar-refractivity contribution < 1.29 is 9.21 Å². The molecule has 3 rings (SSSR count). The Morgan fingerprint density at radius 1 is 1.17 bits per heavy atom. The first-order valence-electron chi connectivity index (χ1n) is 8.41. The third kappa shape index (κ3) is 4.57. The molecule has 2 aromatic rings. The first-order chi connectivity index (χ1) is 11.6. The maximum absolute atomic E-state index is 12.2. The summed E-state index contributed by atoms with van der Waals surface area (Å²) in [7, 11) is 0. The van der Waals surface area contributed by atoms with E-state index in [0.29, 0.717) is 11.8 Å². The van der Waals surface area contributed by atoms with Crippen molar-refractivity contribution in [3.05, 3.63) is 53.5 Å². The van der Waals surface area contributed by atoms with E-state index in [-0.39, 0.29) is 6.03 Å². The maximum Gasteiger partial charge on any atom is 0.317 e. The molecule has 0 spiro atoms. The van der Waals surface area contributed by atoms with Crippen molar-refractivity contribution in [2.24, 2.45) is 0 Å². The number of amides is 2. The van der Waals surface area contributed by atoms with E-state index in [2.05, 4.69) is 36.5 Å². The Morgan fingerprint density at radius 2 is 1.88 bits per heavy atom. The van der Waals surface area contributed by atoms with Gasteiger partial charge in [0.1, 0.15) is 11.5 Å². The van der Waals surface area contributed by atoms with Crippen molar-refractivity contribution in [3.8, 4) is 0 Å². The minimum Gasteiger partial charge on any atom is -0.465 e. The normalized spacial score (nSPS) is 15.5. The van der Waals surface area contributed by atoms with Gasteiger partial charge >= 0.3 is 6.03 Å². The lowest BCUT2D eigenvalue weighted by Gasteiger charge is -2.31. The molecule has 0 aliphatic carbocycles. The van der Waals surface area contributed by atoms with Crippen LogP contribution in [0.4, 0.5) is 4.79 Å². The summed E-state index contributed by atoms with van der Waals surface area (Å²) in [5, 5.41) is 3.53. The molecule has 1 N–H and O–H groups in total. The lowest BCUT2D eigenvalue weighted by molar-refractivity contribution is 0.186. The van der Waals surface area contributed by atoms with E-state index in [0.717, 1.165) is 37.5 Å². The van der Waals surface area contributed by atoms with E-state index >= 15 is 0 Å². The molecule has 0 unspecified atom stereocenters. The fraction of sp³-hybridized carbons (Fsp3) is 0.421. The predicted molar refractivity (Wildman–Crippen MR) is 97.3 cm³/mol. The summed E-state index contributed by atoms with van der Waals surface area (Å²) in [6, 6.07) is 12.5. The maximum atomic E-state index is 12.2. The van der Waals surface area contributed by atoms with E-state index < -0.39 is 0 Å². The highest BCUT2D eigenvalue weighted by atomic mass is 32.2. The summed E-state index contributed by atoms with van der Waals surface area (Å²) < 4.78 is 5.48. The van der Waals surface area contributed by atoms with Crippen LogP contribution in [0.25, 0.3) is 0 Å². The van der Waals surface area contributed by atoms with Crippen LogP contribution < -0.4 is 5.32 Å². The Balaban J connectivity index is 1.42. The number of urea groups is 1. The molecule has 24 heavy (non-hydrogen) atoms. The average molecular weight is 344 g/mol. The first-order valence-corrected chi connectivity index (χ1v) is 9.29. The second-order valence-corrected chi connectivity index (χ2v) is 7.66. The van der Waals surface area contributed by atoms with E-state index in [1.165, 1.54) is 10.5 Å². The van der Waals surface area contributed by atoms with E-state index in [1.54, 1.807) is 0 Å². The number of thioether (sulfide) groups is 1. The van der Waals surface area contributed by atoms with Crippen LogP contribution in [0.3, 0.4) is 0 Å². The Kier molecular flexibility index (Phi) is 5.51. The van der Waals surface area contributed by atoms with Gasteiger partial charge in [0, 0.05) is 23.2 Å². The van der Waals surface area contributed by atoms with Crippen molar-refractivity contribution >= 4 is 17.8 Å². The van der Waals surface area contributed by atoms with Crippen LogP contribution in [-0.2, 0) is 6.54 Å². The smallest absolute Gasteiger partial charge is 0.317 e. The van der Waals surface area contributed by atoms with Crippen molar-refractivity contribution in [3.63, 3.8) is 0 Å². The number of nitrogens with one attached hydrogen (secondary N) is 1. The van der Waals surface area contributed by atoms with Gasteiger partial charge in [-0.15, -0.1) is 11.8 Å². The van der Waals surface area contributed by atoms with Gasteiger partial charge < -0.3 is 14.6 Å². The molecule has 1 saturated heterocycles. The van der Waals surface area contributed by atoms with Crippen LogP contribution in [0.2, 0.25) is 0 Å². The summed E-state index contributed by atoms with van der Waals surface area (Å²) in [6.07, 6.45) is 2.07. The summed E-state index contributed by atoms with van der Waals surface area (Å²) in [5.74, 6) is 1.67. The fourth-order valence-corrected chi connectivity index (χ4v) is 3.97. The number of carbonyl (C=O) groups is 1. The van der Waals surface area contributed by atoms with Crippen LogP contribution in [0.5, 0.6) is 0 Å². The van der Waals surface area contributed by atoms with Gasteiger partial charge in [-0.1, -0.05) is 17.7 Å². The largest absolute Gasteiger partial charge is 0.465 e. The second-order valence-electron chi connectivity index (χ2n) is 6.29. The van der Waals surface area contributed by atoms with Crippen LogP contribution in [0.1, 0.15) is 29.9 Å². The zero-order valence-electron chi connectivity index (χ0n) is 14.2. The van der Waals surface area contributed by atoms with Crippen molar-refractivity contribution in [1.82, 2.24) is 10.2 Å². The highest BCUT2D eigenvalue weighted by Crippen LogP contribution is 2.30. The van der Waals surface area contributed by atoms with E-state index in [9.17, 15) is 4.79 Å². The lowest BCUT2D eigenvalue weighted by Crippen LogP contribution is -2.44. The number of benzene rings is 1. The molecule has 1 aromatic heterocycles. The molecule has 1 aromatic carbocycles. The van der Waals surface area contributed by atoms with Gasteiger partial charge in [0.05, 0.1) is 6.54 Å². The third-order valence-corrected chi connectivity index (χ3v) is 5.61. The number of furan rings is 1. The van der Waals surface area contributed by atoms with Crippen molar-refractivity contribution in [1.29, 1.82) is 0 Å². The molecule has 1 fully saturated rings. The summed E-state index contributed by atoms with van der Waals surface area (Å²) in [4.78, 5) is 15.5. The second kappa shape index (κ2) is 7.79. The number of nitrogens with zero attached hydrogens (tertiary/aromatic N) is 1. The Hall–Kier alpha value is -1.88. The Morgan fingerprint density at radius 3 is 2.50 bits per heavy atom. The molecule has 0 atom stereocenters. The van der Waals surface area contributed by atoms with Gasteiger partial charge in [-0.3, -0.25) is 0 Å². The van der Waals surface area contributed by atoms with Gasteiger partial charge in [-0.25, -0.2) is 4.79 Å². The Labute approximate surface area is 147 Å². The van der Waals surface area contributed by atoms with Gasteiger partial charge in [-0.2, -0.15) is 0 Å². The molecule has 2 amide bonds. The van der Waals surface area contributed by atoms with Crippen molar-refractivity contribution in [2.45, 2.75) is 43.4 Å². The molecule has 0 radical (unpaired) electrons. The number of rotatable bonds is 4. The number of likely N-dealkylation sites (tertiary alicyclic amines) is 1. The lowest BCUT2D eigenvalue weighted by atomic mass is 10.1. The molecule has 0 saturated carbocycles. The molecule has 128 valence electrons. The average Bonchev–Trinajstić information content (AvgIpc) is 3.01. The molecule has 0 bridgehead atoms. The quantitative estimate of drug-likeness (QED) is 0.896. The van der Waals surface area contributed by atoms with Crippen LogP contribution in [-0.4, -0.2) is 29.3 Å². The molecule has 4 nitrogen and oxygen atoms in total. The van der Waals surface area contributed by atoms with E-state index in [1.807, 2.05) is 35.7 Å². The van der Waals surface area contributed by atoms with Gasteiger partial charge in [0.2, 0.25) is 0 Å². The molecular formula is C19H24N2O2S. The Bertz CT molecular complexity index is 673. The SMILES string of the molecule is Cc1ccc(SC2CCN(C(=O)NCc3ccc(C)o3)CC2)cc1. The minimum absolute atomic E-state index is 0.00263. The predicted octanol–water partition coefficient (Wildman–Crippen LogP) is 4.36. The highest BCUT2D eigenvalue weighted by Gasteiger charge is 2.23. The first kappa shape index (κ1) is 17.0. The van der Waals surface area contributed by atoms with E-state index in [4.69, 9.17) is 4.42 Å². The van der Waals surface area contributed by atoms with Crippen LogP contribution in [0, 0.1) is 13.8 Å². The molecular weight excluding hydrogens is 320 g/mol. The van der Waals surface area contributed by atoms with Gasteiger partial charge in [0.15, 0.2) is 0 Å². The summed E-state index contributed by atoms with van der Waals surface area (Å²) >= 11 is 1.93. The highest BCUT2D eigenvalue weighted by molar-refractivity contribution is 8.00. The van der Waals surface area contributed by atoms with Gasteiger partial charge in [-0.05, 0) is 51.0 Å². The summed E-state index contributed by atoms with van der Waals surface area (Å²) in [6.45, 7) is 6.08. The zero-order chi connectivity index (χ0) is 16.9. The fourth-order valence-electron chi connectivity index (χ4n) is 2.84. The molecule has 1 aliphatic heterocycles. The standard InChI is InChI=1S/C19H24N2O2S/c1-14-3-7-17(8-4-14)24-18-9-11-21(12-10-18)19(22)20-13-16-6-5-15(2)23-16/h3-8,18H,9-13H2,1-2H3,(H,20,22). The number of hydrogen-bond acceptors (Lipinski definition) is 3. The van der Waals surface area contributed by atoms with Crippen LogP contribution in [0.15, 0.2) is 45.7 Å². The molecule has 2 heterocycles. The number of piperidine rings is 1. The third-order valence-electron chi connectivity index (χ3n) is 4.26. The zero-order valence-corrected chi connectivity index (χ0v) is 15.1. The topological polar surface area (TPSA) is 45.5 Å². The molecule has 1 aliphatic rings. The number of carbonyl (C=O) groups excluding carboxylic acids is 1. The monoisotopic (exact) mass is 344 g/mol. The van der Waals surface area contributed by atoms with Crippen LogP contribution >= 0.6 is 11.8 Å². The number of hydrogen-bond donors (Lipinski definition) is 1. The summed E-state index contributed by atoms with van der Waals surface area (Å²) in [5.41, 5.74) is 1.29. The van der Waals surface area contributed by atoms with Crippen molar-refractivity contribution in [2.75, 3.05) is 13.1 Å². The van der Waals surface area contributed by atoms with Gasteiger partial charge in [0.25, 0.3) is 0 Å². The minimum atomic E-state index is 0.00263. The molecule has 5 heteroatoms.